The monoisotopic (exact) mass is 142 g/mol. The summed E-state index contributed by atoms with van der Waals surface area (Å²) in [5.74, 6) is 2.25. The van der Waals surface area contributed by atoms with Crippen LogP contribution >= 0.6 is 0 Å². The Kier molecular flexibility index (Phi) is 220. The van der Waals surface area contributed by atoms with E-state index in [9.17, 15) is 0 Å². The summed E-state index contributed by atoms with van der Waals surface area (Å²) in [7, 11) is 0. The van der Waals surface area contributed by atoms with E-state index in [-0.39, 0.29) is 5.48 Å². The summed E-state index contributed by atoms with van der Waals surface area (Å²) in [5.41, 5.74) is 2.25. The molecule has 0 aliphatic rings. The first-order valence-electron chi connectivity index (χ1n) is 2.91. The Morgan fingerprint density at radius 3 is 1.30 bits per heavy atom. The van der Waals surface area contributed by atoms with Crippen molar-refractivity contribution in [1.29, 1.82) is 0 Å². The SMILES string of the molecule is C#CC.C=C=C.CCC.O. The Morgan fingerprint density at radius 2 is 1.30 bits per heavy atom. The first kappa shape index (κ1) is 23.0. The van der Waals surface area contributed by atoms with Gasteiger partial charge in [-0.15, -0.1) is 18.1 Å². The average Bonchev–Trinajstić information content (AvgIpc) is 1.70. The van der Waals surface area contributed by atoms with Crippen LogP contribution in [0.5, 0.6) is 0 Å². The lowest BCUT2D eigenvalue weighted by Crippen LogP contribution is -1.27. The molecule has 0 radical (unpaired) electrons. The quantitative estimate of drug-likeness (QED) is 0.367. The van der Waals surface area contributed by atoms with Crippen molar-refractivity contribution >= 4 is 0 Å². The fraction of sp³-hybridized carbons (Fsp3) is 0.444. The van der Waals surface area contributed by atoms with Crippen LogP contribution in [0.25, 0.3) is 0 Å². The van der Waals surface area contributed by atoms with Crippen LogP contribution in [-0.4, -0.2) is 5.48 Å². The van der Waals surface area contributed by atoms with Crippen molar-refractivity contribution in [2.24, 2.45) is 0 Å². The van der Waals surface area contributed by atoms with Gasteiger partial charge in [0.05, 0.1) is 0 Å². The Hall–Kier alpha value is -0.960. The third kappa shape index (κ3) is 279. The normalized spacial score (nSPS) is 3.40. The molecule has 0 bridgehead atoms. The average molecular weight is 142 g/mol. The van der Waals surface area contributed by atoms with Crippen molar-refractivity contribution in [2.45, 2.75) is 27.2 Å². The molecule has 0 unspecified atom stereocenters. The third-order valence-corrected chi connectivity index (χ3v) is 0. The van der Waals surface area contributed by atoms with Gasteiger partial charge in [0, 0.05) is 0 Å². The van der Waals surface area contributed by atoms with Crippen molar-refractivity contribution < 1.29 is 5.48 Å². The maximum absolute atomic E-state index is 4.60. The molecular weight excluding hydrogens is 124 g/mol. The highest BCUT2D eigenvalue weighted by Gasteiger charge is 1.35. The Morgan fingerprint density at radius 1 is 1.30 bits per heavy atom. The summed E-state index contributed by atoms with van der Waals surface area (Å²) in [4.78, 5) is 0. The van der Waals surface area contributed by atoms with E-state index in [2.05, 4.69) is 45.1 Å². The molecule has 0 aromatic rings. The van der Waals surface area contributed by atoms with Crippen molar-refractivity contribution in [3.8, 4) is 12.3 Å². The van der Waals surface area contributed by atoms with Crippen molar-refractivity contribution in [3.05, 3.63) is 18.9 Å². The molecule has 0 aliphatic heterocycles. The maximum atomic E-state index is 4.60. The number of hydrogen-bond acceptors (Lipinski definition) is 0. The third-order valence-electron chi connectivity index (χ3n) is 0. The standard InChI is InChI=1S/C3H8.2C3H4.H2O/c3*1-3-2;/h3H2,1-2H3;1-2H2;1H,2H3;1H2. The minimum atomic E-state index is 0. The molecule has 60 valence electrons. The molecule has 0 rings (SSSR count). The Labute approximate surface area is 64.8 Å². The van der Waals surface area contributed by atoms with Crippen molar-refractivity contribution in [2.75, 3.05) is 0 Å². The highest BCUT2D eigenvalue weighted by atomic mass is 16.0. The molecule has 0 saturated heterocycles. The van der Waals surface area contributed by atoms with Crippen LogP contribution in [0, 0.1) is 12.3 Å². The summed E-state index contributed by atoms with van der Waals surface area (Å²) in [6, 6.07) is 0. The Bertz CT molecular complexity index is 81.4. The van der Waals surface area contributed by atoms with Crippen LogP contribution in [0.15, 0.2) is 18.9 Å². The van der Waals surface area contributed by atoms with Crippen LogP contribution in [0.3, 0.4) is 0 Å². The van der Waals surface area contributed by atoms with Gasteiger partial charge >= 0.3 is 0 Å². The number of rotatable bonds is 0. The van der Waals surface area contributed by atoms with Gasteiger partial charge in [0.2, 0.25) is 0 Å². The van der Waals surface area contributed by atoms with Crippen molar-refractivity contribution in [1.82, 2.24) is 0 Å². The summed E-state index contributed by atoms with van der Waals surface area (Å²) in [5, 5.41) is 0. The molecule has 0 saturated carbocycles. The van der Waals surface area contributed by atoms with Gasteiger partial charge < -0.3 is 5.48 Å². The molecule has 0 atom stereocenters. The lowest BCUT2D eigenvalue weighted by molar-refractivity contribution is 0.824. The van der Waals surface area contributed by atoms with E-state index < -0.39 is 0 Å². The van der Waals surface area contributed by atoms with E-state index >= 15 is 0 Å². The molecule has 0 amide bonds. The predicted molar refractivity (Wildman–Crippen MR) is 48.9 cm³/mol. The van der Waals surface area contributed by atoms with Gasteiger partial charge in [-0.2, -0.15) is 0 Å². The second-order valence-corrected chi connectivity index (χ2v) is 1.25. The fourth-order valence-electron chi connectivity index (χ4n) is 0. The van der Waals surface area contributed by atoms with Gasteiger partial charge in [-0.3, -0.25) is 0 Å². The molecule has 0 aromatic heterocycles. The maximum Gasteiger partial charge on any atom is -0.00297 e. The molecule has 10 heavy (non-hydrogen) atoms. The molecule has 0 heterocycles. The predicted octanol–water partition coefficient (Wildman–Crippen LogP) is 2.19. The van der Waals surface area contributed by atoms with Gasteiger partial charge in [-0.25, -0.2) is 0 Å². The molecule has 0 spiro atoms. The second-order valence-electron chi connectivity index (χ2n) is 1.25. The van der Waals surface area contributed by atoms with E-state index in [0.29, 0.717) is 0 Å². The van der Waals surface area contributed by atoms with Gasteiger partial charge in [0.15, 0.2) is 0 Å². The highest BCUT2D eigenvalue weighted by molar-refractivity contribution is 4.73. The van der Waals surface area contributed by atoms with Crippen LogP contribution in [0.1, 0.15) is 27.2 Å². The fourth-order valence-corrected chi connectivity index (χ4v) is 0. The van der Waals surface area contributed by atoms with Gasteiger partial charge in [-0.05, 0) is 6.92 Å². The first-order chi connectivity index (χ1) is 4.24. The second kappa shape index (κ2) is 95.8. The van der Waals surface area contributed by atoms with Crippen molar-refractivity contribution in [3.63, 3.8) is 0 Å². The molecule has 0 aliphatic carbocycles. The highest BCUT2D eigenvalue weighted by Crippen LogP contribution is 1.56. The topological polar surface area (TPSA) is 31.5 Å². The van der Waals surface area contributed by atoms with Crippen LogP contribution in [0.2, 0.25) is 0 Å². The smallest absolute Gasteiger partial charge is 0.00297 e. The zero-order valence-corrected chi connectivity index (χ0v) is 7.20. The summed E-state index contributed by atoms with van der Waals surface area (Å²) < 4.78 is 0. The minimum absolute atomic E-state index is 0. The van der Waals surface area contributed by atoms with E-state index in [1.807, 2.05) is 0 Å². The molecular formula is C9H18O. The zero-order chi connectivity index (χ0) is 8.12. The largest absolute Gasteiger partial charge is 0.412 e. The minimum Gasteiger partial charge on any atom is -0.412 e. The van der Waals surface area contributed by atoms with Gasteiger partial charge in [-0.1, -0.05) is 33.4 Å². The molecule has 1 nitrogen and oxygen atoms in total. The molecule has 0 aromatic carbocycles. The molecule has 0 fully saturated rings. The summed E-state index contributed by atoms with van der Waals surface area (Å²) in [6.07, 6.45) is 5.85. The number of hydrogen-bond donors (Lipinski definition) is 0. The van der Waals surface area contributed by atoms with Crippen LogP contribution < -0.4 is 0 Å². The van der Waals surface area contributed by atoms with E-state index in [4.69, 9.17) is 0 Å². The van der Waals surface area contributed by atoms with Crippen LogP contribution in [0.4, 0.5) is 0 Å². The lowest BCUT2D eigenvalue weighted by atomic mass is 10.6. The molecule has 2 N–H and O–H groups in total. The van der Waals surface area contributed by atoms with E-state index in [1.165, 1.54) is 6.42 Å². The number of terminal acetylenes is 1. The zero-order valence-electron chi connectivity index (χ0n) is 7.20. The summed E-state index contributed by atoms with van der Waals surface area (Å²) >= 11 is 0. The van der Waals surface area contributed by atoms with E-state index in [1.54, 1.807) is 6.92 Å². The lowest BCUT2D eigenvalue weighted by Gasteiger charge is -1.48. The molecule has 1 heteroatoms. The van der Waals surface area contributed by atoms with Gasteiger partial charge in [0.1, 0.15) is 0 Å². The first-order valence-corrected chi connectivity index (χ1v) is 2.91. The summed E-state index contributed by atoms with van der Waals surface area (Å²) in [6.45, 7) is 12.2. The van der Waals surface area contributed by atoms with Gasteiger partial charge in [0.25, 0.3) is 0 Å². The Balaban J connectivity index is -0.0000000257. The van der Waals surface area contributed by atoms with E-state index in [0.717, 1.165) is 0 Å². The van der Waals surface area contributed by atoms with Crippen LogP contribution in [-0.2, 0) is 0 Å².